The van der Waals surface area contributed by atoms with Crippen molar-refractivity contribution < 1.29 is 32.4 Å². The summed E-state index contributed by atoms with van der Waals surface area (Å²) >= 11 is 0. The number of hydrogen-bond donors (Lipinski definition) is 1. The fourth-order valence-electron chi connectivity index (χ4n) is 2.00. The molecule has 10 heteroatoms. The van der Waals surface area contributed by atoms with E-state index in [4.69, 9.17) is 4.74 Å². The lowest BCUT2D eigenvalue weighted by Crippen LogP contribution is -2.20. The largest absolute Gasteiger partial charge is 0.452 e. The van der Waals surface area contributed by atoms with Gasteiger partial charge in [-0.25, -0.2) is 4.79 Å². The highest BCUT2D eigenvalue weighted by molar-refractivity contribution is 5.94. The molecular formula is C18H13F3N2O5. The van der Waals surface area contributed by atoms with E-state index in [1.165, 1.54) is 42.5 Å². The molecule has 2 aromatic rings. The fraction of sp³-hybridized carbons (Fsp3) is 0.111. The summed E-state index contributed by atoms with van der Waals surface area (Å²) in [4.78, 5) is 33.2. The molecule has 0 aromatic heterocycles. The molecule has 2 aromatic carbocycles. The lowest BCUT2D eigenvalue weighted by Gasteiger charge is -2.06. The first kappa shape index (κ1) is 20.6. The van der Waals surface area contributed by atoms with Gasteiger partial charge in [0.2, 0.25) is 0 Å². The minimum Gasteiger partial charge on any atom is -0.452 e. The molecule has 28 heavy (non-hydrogen) atoms. The second-order valence-electron chi connectivity index (χ2n) is 5.41. The first-order valence-corrected chi connectivity index (χ1v) is 7.71. The molecule has 0 saturated carbocycles. The number of nitrogens with one attached hydrogen (secondary N) is 1. The average molecular weight is 394 g/mol. The second-order valence-corrected chi connectivity index (χ2v) is 5.41. The Morgan fingerprint density at radius 1 is 1.07 bits per heavy atom. The SMILES string of the molecule is O=C(COC(=O)/C=C/c1ccc(C(F)(F)F)cc1)Nc1ccc([N+](=O)[O-])cc1. The van der Waals surface area contributed by atoms with Crippen molar-refractivity contribution in [2.24, 2.45) is 0 Å². The Hall–Kier alpha value is -3.69. The smallest absolute Gasteiger partial charge is 0.416 e. The van der Waals surface area contributed by atoms with Crippen LogP contribution in [0.4, 0.5) is 24.5 Å². The number of anilines is 1. The van der Waals surface area contributed by atoms with Crippen molar-refractivity contribution in [3.05, 3.63) is 75.8 Å². The van der Waals surface area contributed by atoms with Crippen molar-refractivity contribution in [3.8, 4) is 0 Å². The molecule has 0 aliphatic heterocycles. The number of carbonyl (C=O) groups is 2. The molecule has 7 nitrogen and oxygen atoms in total. The second kappa shape index (κ2) is 8.80. The van der Waals surface area contributed by atoms with E-state index in [1.54, 1.807) is 0 Å². The minimum absolute atomic E-state index is 0.141. The van der Waals surface area contributed by atoms with Crippen LogP contribution in [-0.4, -0.2) is 23.4 Å². The van der Waals surface area contributed by atoms with E-state index in [1.807, 2.05) is 0 Å². The van der Waals surface area contributed by atoms with Crippen LogP contribution in [0.5, 0.6) is 0 Å². The van der Waals surface area contributed by atoms with Crippen LogP contribution in [0.2, 0.25) is 0 Å². The lowest BCUT2D eigenvalue weighted by atomic mass is 10.1. The van der Waals surface area contributed by atoms with Crippen molar-refractivity contribution in [2.75, 3.05) is 11.9 Å². The number of alkyl halides is 3. The Labute approximate surface area is 156 Å². The maximum Gasteiger partial charge on any atom is 0.416 e. The van der Waals surface area contributed by atoms with Crippen LogP contribution in [0.25, 0.3) is 6.08 Å². The number of esters is 1. The molecule has 0 spiro atoms. The van der Waals surface area contributed by atoms with Gasteiger partial charge in [0.1, 0.15) is 0 Å². The van der Waals surface area contributed by atoms with E-state index < -0.39 is 35.1 Å². The molecule has 1 N–H and O–H groups in total. The maximum absolute atomic E-state index is 12.5. The maximum atomic E-state index is 12.5. The third-order valence-corrected chi connectivity index (χ3v) is 3.36. The van der Waals surface area contributed by atoms with Gasteiger partial charge >= 0.3 is 12.1 Å². The summed E-state index contributed by atoms with van der Waals surface area (Å²) < 4.78 is 42.1. The van der Waals surface area contributed by atoms with Crippen molar-refractivity contribution >= 4 is 29.3 Å². The van der Waals surface area contributed by atoms with Crippen molar-refractivity contribution in [1.29, 1.82) is 0 Å². The highest BCUT2D eigenvalue weighted by Gasteiger charge is 2.29. The van der Waals surface area contributed by atoms with Gasteiger partial charge in [-0.05, 0) is 35.9 Å². The zero-order valence-corrected chi connectivity index (χ0v) is 14.1. The average Bonchev–Trinajstić information content (AvgIpc) is 2.64. The lowest BCUT2D eigenvalue weighted by molar-refractivity contribution is -0.384. The first-order valence-electron chi connectivity index (χ1n) is 7.71. The summed E-state index contributed by atoms with van der Waals surface area (Å²) in [6, 6.07) is 9.18. The normalized spacial score (nSPS) is 11.2. The summed E-state index contributed by atoms with van der Waals surface area (Å²) in [5, 5.41) is 12.9. The van der Waals surface area contributed by atoms with Gasteiger partial charge in [-0.2, -0.15) is 13.2 Å². The molecule has 0 atom stereocenters. The van der Waals surface area contributed by atoms with Crippen molar-refractivity contribution in [2.45, 2.75) is 6.18 Å². The summed E-state index contributed by atoms with van der Waals surface area (Å²) in [6.45, 7) is -0.604. The van der Waals surface area contributed by atoms with Gasteiger partial charge in [0.05, 0.1) is 10.5 Å². The number of benzene rings is 2. The number of carbonyl (C=O) groups excluding carboxylic acids is 2. The highest BCUT2D eigenvalue weighted by Crippen LogP contribution is 2.29. The van der Waals surface area contributed by atoms with Crippen molar-refractivity contribution in [1.82, 2.24) is 0 Å². The molecule has 0 aliphatic rings. The third kappa shape index (κ3) is 6.24. The Balaban J connectivity index is 1.82. The van der Waals surface area contributed by atoms with Gasteiger partial charge in [0.15, 0.2) is 6.61 Å². The van der Waals surface area contributed by atoms with Gasteiger partial charge in [-0.1, -0.05) is 12.1 Å². The predicted octanol–water partition coefficient (Wildman–Crippen LogP) is 3.81. The van der Waals surface area contributed by atoms with Crippen LogP contribution in [0.3, 0.4) is 0 Å². The Bertz CT molecular complexity index is 891. The molecule has 1 amide bonds. The summed E-state index contributed by atoms with van der Waals surface area (Å²) in [6.07, 6.45) is -2.23. The molecule has 0 radical (unpaired) electrons. The number of non-ortho nitro benzene ring substituents is 1. The number of hydrogen-bond acceptors (Lipinski definition) is 5. The van der Waals surface area contributed by atoms with E-state index >= 15 is 0 Å². The van der Waals surface area contributed by atoms with Crippen LogP contribution in [0, 0.1) is 10.1 Å². The minimum atomic E-state index is -4.45. The number of halogens is 3. The van der Waals surface area contributed by atoms with Crippen LogP contribution in [-0.2, 0) is 20.5 Å². The zero-order chi connectivity index (χ0) is 20.7. The van der Waals surface area contributed by atoms with Gasteiger partial charge in [-0.3, -0.25) is 14.9 Å². The van der Waals surface area contributed by atoms with E-state index in [0.29, 0.717) is 5.56 Å². The summed E-state index contributed by atoms with van der Waals surface area (Å²) in [7, 11) is 0. The number of nitro groups is 1. The molecule has 146 valence electrons. The van der Waals surface area contributed by atoms with E-state index in [2.05, 4.69) is 5.32 Å². The number of nitrogens with zero attached hydrogens (tertiary/aromatic N) is 1. The van der Waals surface area contributed by atoms with Gasteiger partial charge in [-0.15, -0.1) is 0 Å². The fourth-order valence-corrected chi connectivity index (χ4v) is 2.00. The number of ether oxygens (including phenoxy) is 1. The highest BCUT2D eigenvalue weighted by atomic mass is 19.4. The van der Waals surface area contributed by atoms with Crippen LogP contribution < -0.4 is 5.32 Å². The summed E-state index contributed by atoms with van der Waals surface area (Å²) in [5.74, 6) is -1.52. The number of nitro benzene ring substituents is 1. The molecule has 0 saturated heterocycles. The molecule has 0 heterocycles. The molecule has 0 unspecified atom stereocenters. The van der Waals surface area contributed by atoms with Crippen LogP contribution in [0.1, 0.15) is 11.1 Å². The number of amides is 1. The third-order valence-electron chi connectivity index (χ3n) is 3.36. The van der Waals surface area contributed by atoms with E-state index in [0.717, 1.165) is 18.2 Å². The van der Waals surface area contributed by atoms with Crippen LogP contribution >= 0.6 is 0 Å². The Morgan fingerprint density at radius 2 is 1.68 bits per heavy atom. The van der Waals surface area contributed by atoms with E-state index in [9.17, 15) is 32.9 Å². The van der Waals surface area contributed by atoms with E-state index in [-0.39, 0.29) is 11.4 Å². The molecular weight excluding hydrogens is 381 g/mol. The molecule has 0 aliphatic carbocycles. The monoisotopic (exact) mass is 394 g/mol. The molecule has 0 fully saturated rings. The first-order chi connectivity index (χ1) is 13.1. The van der Waals surface area contributed by atoms with Gasteiger partial charge in [0, 0.05) is 23.9 Å². The quantitative estimate of drug-likeness (QED) is 0.348. The standard InChI is InChI=1S/C18H13F3N2O5/c19-18(20,21)13-4-1-12(2-5-13)3-10-17(25)28-11-16(24)22-14-6-8-15(9-7-14)23(26)27/h1-10H,11H2,(H,22,24)/b10-3+. The molecule has 2 rings (SSSR count). The van der Waals surface area contributed by atoms with Crippen LogP contribution in [0.15, 0.2) is 54.6 Å². The number of rotatable bonds is 6. The summed E-state index contributed by atoms with van der Waals surface area (Å²) in [5.41, 5.74) is -0.319. The van der Waals surface area contributed by atoms with Crippen molar-refractivity contribution in [3.63, 3.8) is 0 Å². The van der Waals surface area contributed by atoms with Gasteiger partial charge in [0.25, 0.3) is 11.6 Å². The topological polar surface area (TPSA) is 98.5 Å². The Kier molecular flexibility index (Phi) is 6.48. The Morgan fingerprint density at radius 3 is 2.21 bits per heavy atom. The predicted molar refractivity (Wildman–Crippen MR) is 93.2 cm³/mol. The zero-order valence-electron chi connectivity index (χ0n) is 14.1. The van der Waals surface area contributed by atoms with Gasteiger partial charge < -0.3 is 10.1 Å². The molecule has 0 bridgehead atoms.